The van der Waals surface area contributed by atoms with Gasteiger partial charge < -0.3 is 5.32 Å². The first-order valence-electron chi connectivity index (χ1n) is 9.71. The average molecular weight is 359 g/mol. The predicted molar refractivity (Wildman–Crippen MR) is 109 cm³/mol. The van der Waals surface area contributed by atoms with Crippen molar-refractivity contribution < 1.29 is 4.79 Å². The number of aromatic nitrogens is 1. The first-order chi connectivity index (χ1) is 13.3. The van der Waals surface area contributed by atoms with Gasteiger partial charge in [0.1, 0.15) is 5.69 Å². The largest absolute Gasteiger partial charge is 0.349 e. The molecule has 0 bridgehead atoms. The van der Waals surface area contributed by atoms with Crippen LogP contribution in [0.4, 0.5) is 0 Å². The quantitative estimate of drug-likeness (QED) is 0.748. The Bertz CT molecular complexity index is 904. The highest BCUT2D eigenvalue weighted by Crippen LogP contribution is 2.20. The molecule has 0 radical (unpaired) electrons. The maximum Gasteiger partial charge on any atom is 0.270 e. The Balaban J connectivity index is 1.43. The van der Waals surface area contributed by atoms with E-state index in [2.05, 4.69) is 45.5 Å². The molecule has 4 nitrogen and oxygen atoms in total. The van der Waals surface area contributed by atoms with Crippen molar-refractivity contribution in [2.45, 2.75) is 31.8 Å². The third-order valence-electron chi connectivity index (χ3n) is 5.36. The number of hydrogen-bond donors (Lipinski definition) is 1. The van der Waals surface area contributed by atoms with Crippen molar-refractivity contribution in [1.29, 1.82) is 0 Å². The molecule has 2 aromatic carbocycles. The molecule has 2 heterocycles. The number of piperidine rings is 1. The number of likely N-dealkylation sites (tertiary alicyclic amines) is 1. The van der Waals surface area contributed by atoms with E-state index < -0.39 is 0 Å². The second-order valence-electron chi connectivity index (χ2n) is 7.20. The highest BCUT2D eigenvalue weighted by atomic mass is 16.1. The van der Waals surface area contributed by atoms with Crippen LogP contribution in [0.1, 0.15) is 35.3 Å². The predicted octanol–water partition coefficient (Wildman–Crippen LogP) is 4.02. The lowest BCUT2D eigenvalue weighted by Crippen LogP contribution is -2.46. The monoisotopic (exact) mass is 359 g/mol. The van der Waals surface area contributed by atoms with Crippen LogP contribution in [0.5, 0.6) is 0 Å². The van der Waals surface area contributed by atoms with E-state index in [1.807, 2.05) is 30.3 Å². The van der Waals surface area contributed by atoms with E-state index in [1.54, 1.807) is 6.20 Å². The van der Waals surface area contributed by atoms with Crippen LogP contribution >= 0.6 is 0 Å². The van der Waals surface area contributed by atoms with Crippen LogP contribution < -0.4 is 5.32 Å². The smallest absolute Gasteiger partial charge is 0.270 e. The van der Waals surface area contributed by atoms with Crippen LogP contribution in [0.25, 0.3) is 10.8 Å². The first kappa shape index (κ1) is 17.7. The Hall–Kier alpha value is -2.72. The summed E-state index contributed by atoms with van der Waals surface area (Å²) in [5.74, 6) is -0.0861. The fourth-order valence-electron chi connectivity index (χ4n) is 3.91. The van der Waals surface area contributed by atoms with Gasteiger partial charge in [0.2, 0.25) is 0 Å². The van der Waals surface area contributed by atoms with E-state index in [0.29, 0.717) is 18.3 Å². The molecule has 1 fully saturated rings. The number of nitrogens with zero attached hydrogens (tertiary/aromatic N) is 2. The Morgan fingerprint density at radius 1 is 1.04 bits per heavy atom. The first-order valence-corrected chi connectivity index (χ1v) is 9.71. The van der Waals surface area contributed by atoms with Gasteiger partial charge >= 0.3 is 0 Å². The minimum atomic E-state index is -0.0861. The highest BCUT2D eigenvalue weighted by molar-refractivity contribution is 6.05. The minimum Gasteiger partial charge on any atom is -0.349 e. The van der Waals surface area contributed by atoms with E-state index in [4.69, 9.17) is 0 Å². The van der Waals surface area contributed by atoms with Crippen LogP contribution in [0.3, 0.4) is 0 Å². The maximum atomic E-state index is 12.8. The Morgan fingerprint density at radius 3 is 2.74 bits per heavy atom. The molecular weight excluding hydrogens is 334 g/mol. The minimum absolute atomic E-state index is 0.0861. The summed E-state index contributed by atoms with van der Waals surface area (Å²) in [6.45, 7) is 2.69. The average Bonchev–Trinajstić information content (AvgIpc) is 2.73. The number of amides is 1. The van der Waals surface area contributed by atoms with Gasteiger partial charge in [0.05, 0.1) is 0 Å². The lowest BCUT2D eigenvalue weighted by Gasteiger charge is -2.35. The van der Waals surface area contributed by atoms with Gasteiger partial charge in [-0.05, 0) is 36.4 Å². The molecule has 4 rings (SSSR count). The normalized spacial score (nSPS) is 17.7. The molecule has 1 atom stereocenters. The topological polar surface area (TPSA) is 45.2 Å². The third-order valence-corrected chi connectivity index (χ3v) is 5.36. The molecular formula is C23H25N3O. The summed E-state index contributed by atoms with van der Waals surface area (Å²) in [6, 6.07) is 20.8. The maximum absolute atomic E-state index is 12.8. The fourth-order valence-corrected chi connectivity index (χ4v) is 3.91. The van der Waals surface area contributed by atoms with E-state index in [9.17, 15) is 4.79 Å². The van der Waals surface area contributed by atoms with Gasteiger partial charge in [-0.1, -0.05) is 61.0 Å². The van der Waals surface area contributed by atoms with E-state index in [-0.39, 0.29) is 5.91 Å². The summed E-state index contributed by atoms with van der Waals surface area (Å²) in [5.41, 5.74) is 1.84. The van der Waals surface area contributed by atoms with Crippen molar-refractivity contribution in [3.8, 4) is 0 Å². The van der Waals surface area contributed by atoms with E-state index >= 15 is 0 Å². The molecule has 1 saturated heterocycles. The molecule has 4 heteroatoms. The molecule has 1 aliphatic rings. The van der Waals surface area contributed by atoms with Crippen LogP contribution in [0.2, 0.25) is 0 Å². The zero-order valence-corrected chi connectivity index (χ0v) is 15.5. The number of carbonyl (C=O) groups is 1. The number of rotatable bonds is 5. The van der Waals surface area contributed by atoms with Crippen LogP contribution in [0.15, 0.2) is 66.9 Å². The van der Waals surface area contributed by atoms with Crippen molar-refractivity contribution in [2.24, 2.45) is 0 Å². The second kappa shape index (κ2) is 8.31. The molecule has 27 heavy (non-hydrogen) atoms. The molecule has 1 aromatic heterocycles. The summed E-state index contributed by atoms with van der Waals surface area (Å²) < 4.78 is 0. The van der Waals surface area contributed by atoms with Crippen molar-refractivity contribution >= 4 is 16.7 Å². The summed E-state index contributed by atoms with van der Waals surface area (Å²) in [7, 11) is 0. The molecule has 138 valence electrons. The third kappa shape index (κ3) is 4.17. The van der Waals surface area contributed by atoms with Gasteiger partial charge in [0, 0.05) is 30.7 Å². The zero-order valence-electron chi connectivity index (χ0n) is 15.5. The van der Waals surface area contributed by atoms with Gasteiger partial charge in [-0.2, -0.15) is 0 Å². The van der Waals surface area contributed by atoms with E-state index in [0.717, 1.165) is 30.3 Å². The standard InChI is InChI=1S/C23H25N3O/c27-23(22-21-12-5-4-10-19(21)13-14-24-22)25-16-20-11-6-7-15-26(20)17-18-8-2-1-3-9-18/h1-5,8-10,12-14,20H,6-7,11,15-17H2,(H,25,27). The molecule has 1 aliphatic heterocycles. The summed E-state index contributed by atoms with van der Waals surface area (Å²) in [4.78, 5) is 19.6. The van der Waals surface area contributed by atoms with Gasteiger partial charge in [-0.15, -0.1) is 0 Å². The molecule has 0 aliphatic carbocycles. The van der Waals surface area contributed by atoms with Gasteiger partial charge in [0.15, 0.2) is 0 Å². The van der Waals surface area contributed by atoms with Gasteiger partial charge in [-0.3, -0.25) is 14.7 Å². The van der Waals surface area contributed by atoms with Crippen LogP contribution in [-0.2, 0) is 6.54 Å². The molecule has 0 saturated carbocycles. The number of hydrogen-bond acceptors (Lipinski definition) is 3. The Labute approximate surface area is 160 Å². The SMILES string of the molecule is O=C(NCC1CCCCN1Cc1ccccc1)c1nccc2ccccc12. The fraction of sp³-hybridized carbons (Fsp3) is 0.304. The van der Waals surface area contributed by atoms with E-state index in [1.165, 1.54) is 18.4 Å². The molecule has 1 amide bonds. The summed E-state index contributed by atoms with van der Waals surface area (Å²) in [6.07, 6.45) is 5.27. The highest BCUT2D eigenvalue weighted by Gasteiger charge is 2.23. The molecule has 3 aromatic rings. The summed E-state index contributed by atoms with van der Waals surface area (Å²) in [5, 5.41) is 5.08. The Morgan fingerprint density at radius 2 is 1.85 bits per heavy atom. The lowest BCUT2D eigenvalue weighted by molar-refractivity contribution is 0.0904. The van der Waals surface area contributed by atoms with Crippen molar-refractivity contribution in [3.05, 3.63) is 78.1 Å². The zero-order chi connectivity index (χ0) is 18.5. The lowest BCUT2D eigenvalue weighted by atomic mass is 10.0. The number of carbonyl (C=O) groups excluding carboxylic acids is 1. The molecule has 1 unspecified atom stereocenters. The summed E-state index contributed by atoms with van der Waals surface area (Å²) >= 11 is 0. The van der Waals surface area contributed by atoms with Crippen LogP contribution in [0, 0.1) is 0 Å². The van der Waals surface area contributed by atoms with Crippen molar-refractivity contribution in [1.82, 2.24) is 15.2 Å². The number of fused-ring (bicyclic) bond motifs is 1. The van der Waals surface area contributed by atoms with Gasteiger partial charge in [0.25, 0.3) is 5.91 Å². The van der Waals surface area contributed by atoms with Gasteiger partial charge in [-0.25, -0.2) is 0 Å². The number of nitrogens with one attached hydrogen (secondary N) is 1. The Kier molecular flexibility index (Phi) is 5.45. The number of benzene rings is 2. The number of pyridine rings is 1. The molecule has 1 N–H and O–H groups in total. The van der Waals surface area contributed by atoms with Crippen molar-refractivity contribution in [3.63, 3.8) is 0 Å². The molecule has 0 spiro atoms. The second-order valence-corrected chi connectivity index (χ2v) is 7.20. The van der Waals surface area contributed by atoms with Crippen molar-refractivity contribution in [2.75, 3.05) is 13.1 Å². The van der Waals surface area contributed by atoms with Crippen LogP contribution in [-0.4, -0.2) is 34.9 Å².